The molecule has 1 saturated carbocycles. The Bertz CT molecular complexity index is 1050. The van der Waals surface area contributed by atoms with Crippen LogP contribution in [0.4, 0.5) is 5.69 Å². The van der Waals surface area contributed by atoms with Gasteiger partial charge in [-0.05, 0) is 58.5 Å². The Morgan fingerprint density at radius 2 is 1.86 bits per heavy atom. The molecule has 2 aromatic rings. The molecule has 1 aromatic heterocycles. The molecule has 0 atom stereocenters. The number of ether oxygens (including phenoxy) is 1. The number of benzene rings is 1. The van der Waals surface area contributed by atoms with Crippen LogP contribution in [0.2, 0.25) is 0 Å². The summed E-state index contributed by atoms with van der Waals surface area (Å²) in [5.74, 6) is -0.183. The van der Waals surface area contributed by atoms with Gasteiger partial charge in [-0.25, -0.2) is 0 Å². The second-order valence-electron chi connectivity index (χ2n) is 10.3. The highest BCUT2D eigenvalue weighted by Gasteiger charge is 2.20. The van der Waals surface area contributed by atoms with E-state index in [1.54, 1.807) is 10.7 Å². The second-order valence-corrected chi connectivity index (χ2v) is 10.3. The number of amides is 1. The Labute approximate surface area is 221 Å². The summed E-state index contributed by atoms with van der Waals surface area (Å²) in [6, 6.07) is 6.51. The first-order chi connectivity index (χ1) is 17.8. The van der Waals surface area contributed by atoms with E-state index in [0.29, 0.717) is 30.9 Å². The summed E-state index contributed by atoms with van der Waals surface area (Å²) in [5.41, 5.74) is 3.79. The highest BCUT2D eigenvalue weighted by atomic mass is 16.5. The van der Waals surface area contributed by atoms with E-state index in [-0.39, 0.29) is 18.0 Å². The first kappa shape index (κ1) is 28.9. The number of H-pyrrole nitrogens is 1. The van der Waals surface area contributed by atoms with Crippen molar-refractivity contribution >= 4 is 11.6 Å². The van der Waals surface area contributed by atoms with Crippen molar-refractivity contribution < 1.29 is 9.53 Å². The van der Waals surface area contributed by atoms with Gasteiger partial charge in [-0.2, -0.15) is 0 Å². The molecular weight excluding hydrogens is 468 g/mol. The van der Waals surface area contributed by atoms with Gasteiger partial charge in [-0.3, -0.25) is 24.3 Å². The number of carbonyl (C=O) groups excluding carboxylic acids is 1. The van der Waals surface area contributed by atoms with Crippen molar-refractivity contribution in [2.24, 2.45) is 7.05 Å². The molecule has 206 valence electrons. The van der Waals surface area contributed by atoms with Gasteiger partial charge < -0.3 is 20.3 Å². The highest BCUT2D eigenvalue weighted by Crippen LogP contribution is 2.20. The summed E-state index contributed by atoms with van der Waals surface area (Å²) >= 11 is 0. The third-order valence-corrected chi connectivity index (χ3v) is 7.45. The summed E-state index contributed by atoms with van der Waals surface area (Å²) in [5, 5.41) is 8.98. The van der Waals surface area contributed by atoms with Gasteiger partial charge in [0.1, 0.15) is 0 Å². The SMILES string of the molecule is CCNc1cccc(C(=O)NCc2c(CN3CCOCC3)n(C)[nH]c2=O)c1C.CN(C)C1CCCCC1. The van der Waals surface area contributed by atoms with Crippen LogP contribution in [-0.4, -0.2) is 78.5 Å². The molecule has 9 nitrogen and oxygen atoms in total. The molecule has 9 heteroatoms. The fraction of sp³-hybridized carbons (Fsp3) is 0.643. The van der Waals surface area contributed by atoms with Crippen molar-refractivity contribution in [1.82, 2.24) is 24.9 Å². The van der Waals surface area contributed by atoms with Crippen LogP contribution in [0.1, 0.15) is 66.2 Å². The fourth-order valence-electron chi connectivity index (χ4n) is 5.10. The third-order valence-electron chi connectivity index (χ3n) is 7.45. The summed E-state index contributed by atoms with van der Waals surface area (Å²) in [6.45, 7) is 8.64. The van der Waals surface area contributed by atoms with E-state index in [0.717, 1.165) is 42.6 Å². The number of hydrogen-bond donors (Lipinski definition) is 3. The number of anilines is 1. The number of nitrogens with one attached hydrogen (secondary N) is 3. The molecule has 3 N–H and O–H groups in total. The Kier molecular flexibility index (Phi) is 11.2. The average Bonchev–Trinajstić information content (AvgIpc) is 3.17. The molecule has 0 radical (unpaired) electrons. The topological polar surface area (TPSA) is 94.6 Å². The van der Waals surface area contributed by atoms with E-state index in [2.05, 4.69) is 39.6 Å². The maximum absolute atomic E-state index is 12.7. The average molecular weight is 515 g/mol. The lowest BCUT2D eigenvalue weighted by atomic mass is 9.95. The van der Waals surface area contributed by atoms with Gasteiger partial charge in [0.25, 0.3) is 11.5 Å². The fourth-order valence-corrected chi connectivity index (χ4v) is 5.10. The van der Waals surface area contributed by atoms with Gasteiger partial charge >= 0.3 is 0 Å². The predicted molar refractivity (Wildman–Crippen MR) is 149 cm³/mol. The Morgan fingerprint density at radius 1 is 1.16 bits per heavy atom. The van der Waals surface area contributed by atoms with Gasteiger partial charge in [0.2, 0.25) is 0 Å². The molecule has 1 aliphatic heterocycles. The molecule has 2 heterocycles. The summed E-state index contributed by atoms with van der Waals surface area (Å²) in [7, 11) is 6.21. The van der Waals surface area contributed by atoms with Crippen molar-refractivity contribution in [1.29, 1.82) is 0 Å². The molecule has 1 aliphatic carbocycles. The van der Waals surface area contributed by atoms with Crippen LogP contribution in [-0.2, 0) is 24.9 Å². The van der Waals surface area contributed by atoms with Gasteiger partial charge in [0.15, 0.2) is 0 Å². The van der Waals surface area contributed by atoms with Crippen molar-refractivity contribution in [2.45, 2.75) is 65.1 Å². The zero-order valence-electron chi connectivity index (χ0n) is 23.4. The van der Waals surface area contributed by atoms with Gasteiger partial charge in [-0.15, -0.1) is 0 Å². The van der Waals surface area contributed by atoms with E-state index in [4.69, 9.17) is 4.74 Å². The van der Waals surface area contributed by atoms with Crippen molar-refractivity contribution in [2.75, 3.05) is 52.3 Å². The van der Waals surface area contributed by atoms with Gasteiger partial charge in [0, 0.05) is 50.5 Å². The smallest absolute Gasteiger partial charge is 0.269 e. The van der Waals surface area contributed by atoms with Crippen LogP contribution in [0.15, 0.2) is 23.0 Å². The number of aromatic nitrogens is 2. The Morgan fingerprint density at radius 3 is 2.49 bits per heavy atom. The molecule has 0 bridgehead atoms. The number of carbonyl (C=O) groups is 1. The third kappa shape index (κ3) is 8.18. The summed E-state index contributed by atoms with van der Waals surface area (Å²) in [4.78, 5) is 29.7. The van der Waals surface area contributed by atoms with Crippen LogP contribution >= 0.6 is 0 Å². The van der Waals surface area contributed by atoms with Crippen LogP contribution in [0.3, 0.4) is 0 Å². The van der Waals surface area contributed by atoms with Crippen LogP contribution in [0.5, 0.6) is 0 Å². The molecule has 2 fully saturated rings. The number of nitrogens with zero attached hydrogens (tertiary/aromatic N) is 3. The first-order valence-electron chi connectivity index (χ1n) is 13.7. The lowest BCUT2D eigenvalue weighted by Gasteiger charge is -2.27. The predicted octanol–water partition coefficient (Wildman–Crippen LogP) is 3.10. The quantitative estimate of drug-likeness (QED) is 0.501. The Balaban J connectivity index is 0.000000356. The van der Waals surface area contributed by atoms with Gasteiger partial charge in [0.05, 0.1) is 31.0 Å². The van der Waals surface area contributed by atoms with E-state index in [9.17, 15) is 9.59 Å². The lowest BCUT2D eigenvalue weighted by Crippen LogP contribution is -2.36. The molecule has 1 aromatic carbocycles. The normalized spacial score (nSPS) is 16.8. The Hall–Kier alpha value is -2.62. The summed E-state index contributed by atoms with van der Waals surface area (Å²) in [6.07, 6.45) is 7.20. The van der Waals surface area contributed by atoms with Gasteiger partial charge in [-0.1, -0.05) is 25.3 Å². The standard InChI is InChI=1S/C20H29N5O3.C8H17N/c1-4-21-17-7-5-6-15(14(17)2)19(26)22-12-16-18(24(3)23-20(16)27)13-25-8-10-28-11-9-25;1-9(2)8-6-4-3-5-7-8/h5-7,21H,4,8-13H2,1-3H3,(H,22,26)(H,23,27);8H,3-7H2,1-2H3. The van der Waals surface area contributed by atoms with Crippen molar-refractivity contribution in [3.63, 3.8) is 0 Å². The van der Waals surface area contributed by atoms with Crippen molar-refractivity contribution in [3.8, 4) is 0 Å². The maximum atomic E-state index is 12.7. The summed E-state index contributed by atoms with van der Waals surface area (Å²) < 4.78 is 7.14. The van der Waals surface area contributed by atoms with E-state index < -0.39 is 0 Å². The maximum Gasteiger partial charge on any atom is 0.269 e. The molecule has 1 amide bonds. The minimum Gasteiger partial charge on any atom is -0.385 e. The zero-order chi connectivity index (χ0) is 26.8. The minimum absolute atomic E-state index is 0.163. The molecule has 4 rings (SSSR count). The number of morpholine rings is 1. The van der Waals surface area contributed by atoms with Crippen LogP contribution < -0.4 is 16.2 Å². The first-order valence-corrected chi connectivity index (χ1v) is 13.7. The molecule has 0 spiro atoms. The second kappa shape index (κ2) is 14.4. The zero-order valence-corrected chi connectivity index (χ0v) is 23.4. The lowest BCUT2D eigenvalue weighted by molar-refractivity contribution is 0.0330. The number of hydrogen-bond acceptors (Lipinski definition) is 6. The highest BCUT2D eigenvalue weighted by molar-refractivity contribution is 5.97. The molecule has 0 unspecified atom stereocenters. The monoisotopic (exact) mass is 514 g/mol. The van der Waals surface area contributed by atoms with Crippen LogP contribution in [0.25, 0.3) is 0 Å². The molecule has 2 aliphatic rings. The van der Waals surface area contributed by atoms with Crippen LogP contribution in [0, 0.1) is 6.92 Å². The molecular formula is C28H46N6O3. The largest absolute Gasteiger partial charge is 0.385 e. The number of rotatable bonds is 8. The molecule has 37 heavy (non-hydrogen) atoms. The minimum atomic E-state index is -0.183. The number of aromatic amines is 1. The number of aryl methyl sites for hydroxylation is 1. The van der Waals surface area contributed by atoms with E-state index in [1.807, 2.05) is 33.0 Å². The van der Waals surface area contributed by atoms with E-state index in [1.165, 1.54) is 32.1 Å². The van der Waals surface area contributed by atoms with Crippen molar-refractivity contribution in [3.05, 3.63) is 50.9 Å². The molecule has 1 saturated heterocycles. The van der Waals surface area contributed by atoms with E-state index >= 15 is 0 Å².